The lowest BCUT2D eigenvalue weighted by molar-refractivity contribution is 0.481. The van der Waals surface area contributed by atoms with Crippen LogP contribution in [0.1, 0.15) is 26.7 Å². The summed E-state index contributed by atoms with van der Waals surface area (Å²) in [6, 6.07) is 0.0727. The maximum atomic E-state index is 11.4. The largest absolute Gasteiger partial charge is 0.328 e. The third-order valence-electron chi connectivity index (χ3n) is 2.39. The molecular formula is C7H15NO2S. The zero-order valence-corrected chi connectivity index (χ0v) is 7.76. The third-order valence-corrected chi connectivity index (χ3v) is 5.02. The molecule has 0 aliphatic carbocycles. The molecule has 4 heteroatoms. The standard InChI is InChI=1S/C7H15NO2S/c1-5-3-7(8)4-6(2)11(5,9)10/h5-7H,3-4,8H2,1-2H3. The second-order valence-electron chi connectivity index (χ2n) is 3.44. The number of hydrogen-bond donors (Lipinski definition) is 1. The van der Waals surface area contributed by atoms with Gasteiger partial charge in [0.25, 0.3) is 0 Å². The molecule has 1 rings (SSSR count). The van der Waals surface area contributed by atoms with Gasteiger partial charge in [0.05, 0.1) is 10.5 Å². The van der Waals surface area contributed by atoms with Crippen molar-refractivity contribution in [2.45, 2.75) is 43.2 Å². The van der Waals surface area contributed by atoms with E-state index in [-0.39, 0.29) is 16.5 Å². The second-order valence-corrected chi connectivity index (χ2v) is 6.23. The van der Waals surface area contributed by atoms with Crippen molar-refractivity contribution in [1.82, 2.24) is 0 Å². The lowest BCUT2D eigenvalue weighted by atomic mass is 10.1. The van der Waals surface area contributed by atoms with Crippen molar-refractivity contribution in [3.05, 3.63) is 0 Å². The van der Waals surface area contributed by atoms with Crippen molar-refractivity contribution >= 4 is 9.84 Å². The van der Waals surface area contributed by atoms with E-state index in [2.05, 4.69) is 0 Å². The van der Waals surface area contributed by atoms with Gasteiger partial charge in [-0.3, -0.25) is 0 Å². The molecule has 66 valence electrons. The van der Waals surface area contributed by atoms with Crippen LogP contribution in [0.3, 0.4) is 0 Å². The Balaban J connectivity index is 2.85. The van der Waals surface area contributed by atoms with Crippen LogP contribution in [-0.2, 0) is 9.84 Å². The van der Waals surface area contributed by atoms with Crippen molar-refractivity contribution in [2.75, 3.05) is 0 Å². The maximum Gasteiger partial charge on any atom is 0.155 e. The normalized spacial score (nSPS) is 43.7. The minimum Gasteiger partial charge on any atom is -0.328 e. The van der Waals surface area contributed by atoms with Crippen molar-refractivity contribution < 1.29 is 8.42 Å². The van der Waals surface area contributed by atoms with E-state index in [9.17, 15) is 8.42 Å². The molecule has 0 radical (unpaired) electrons. The van der Waals surface area contributed by atoms with Gasteiger partial charge in [0, 0.05) is 6.04 Å². The summed E-state index contributed by atoms with van der Waals surface area (Å²) in [6.07, 6.45) is 1.24. The zero-order valence-electron chi connectivity index (χ0n) is 6.95. The van der Waals surface area contributed by atoms with Gasteiger partial charge in [0.2, 0.25) is 0 Å². The van der Waals surface area contributed by atoms with Gasteiger partial charge < -0.3 is 5.73 Å². The second kappa shape index (κ2) is 2.75. The van der Waals surface area contributed by atoms with Crippen LogP contribution >= 0.6 is 0 Å². The van der Waals surface area contributed by atoms with Crippen molar-refractivity contribution in [3.8, 4) is 0 Å². The smallest absolute Gasteiger partial charge is 0.155 e. The fraction of sp³-hybridized carbons (Fsp3) is 1.00. The van der Waals surface area contributed by atoms with E-state index < -0.39 is 9.84 Å². The average Bonchev–Trinajstić information content (AvgIpc) is 1.84. The minimum atomic E-state index is -2.85. The summed E-state index contributed by atoms with van der Waals surface area (Å²) in [7, 11) is -2.85. The van der Waals surface area contributed by atoms with Crippen LogP contribution in [0.25, 0.3) is 0 Å². The summed E-state index contributed by atoms with van der Waals surface area (Å²) in [5.74, 6) is 0. The molecule has 1 aliphatic rings. The van der Waals surface area contributed by atoms with Crippen molar-refractivity contribution in [3.63, 3.8) is 0 Å². The predicted molar refractivity (Wildman–Crippen MR) is 45.1 cm³/mol. The van der Waals surface area contributed by atoms with E-state index in [1.165, 1.54) is 0 Å². The first kappa shape index (κ1) is 9.00. The quantitative estimate of drug-likeness (QED) is 0.579. The first-order valence-corrected chi connectivity index (χ1v) is 5.54. The molecule has 0 bridgehead atoms. The molecule has 0 aromatic carbocycles. The van der Waals surface area contributed by atoms with Gasteiger partial charge in [-0.25, -0.2) is 8.42 Å². The summed E-state index contributed by atoms with van der Waals surface area (Å²) in [5.41, 5.74) is 5.67. The summed E-state index contributed by atoms with van der Waals surface area (Å²) < 4.78 is 22.8. The van der Waals surface area contributed by atoms with Gasteiger partial charge >= 0.3 is 0 Å². The molecule has 1 fully saturated rings. The summed E-state index contributed by atoms with van der Waals surface area (Å²) in [4.78, 5) is 0. The predicted octanol–water partition coefficient (Wildman–Crippen LogP) is 0.299. The SMILES string of the molecule is CC1CC(N)CC(C)S1(=O)=O. The highest BCUT2D eigenvalue weighted by Gasteiger charge is 2.35. The van der Waals surface area contributed by atoms with Crippen molar-refractivity contribution in [1.29, 1.82) is 0 Å². The van der Waals surface area contributed by atoms with Crippen LogP contribution in [0.15, 0.2) is 0 Å². The third kappa shape index (κ3) is 1.56. The van der Waals surface area contributed by atoms with Crippen LogP contribution < -0.4 is 5.73 Å². The highest BCUT2D eigenvalue weighted by Crippen LogP contribution is 2.24. The number of hydrogen-bond acceptors (Lipinski definition) is 3. The van der Waals surface area contributed by atoms with E-state index >= 15 is 0 Å². The van der Waals surface area contributed by atoms with Crippen LogP contribution in [0.5, 0.6) is 0 Å². The van der Waals surface area contributed by atoms with Gasteiger partial charge in [-0.1, -0.05) is 0 Å². The number of nitrogens with two attached hydrogens (primary N) is 1. The molecule has 2 unspecified atom stereocenters. The fourth-order valence-electron chi connectivity index (χ4n) is 1.61. The monoisotopic (exact) mass is 177 g/mol. The molecule has 2 N–H and O–H groups in total. The molecule has 2 atom stereocenters. The number of rotatable bonds is 0. The lowest BCUT2D eigenvalue weighted by Crippen LogP contribution is -2.42. The zero-order chi connectivity index (χ0) is 8.65. The van der Waals surface area contributed by atoms with Crippen LogP contribution in [0.2, 0.25) is 0 Å². The van der Waals surface area contributed by atoms with Gasteiger partial charge in [0.15, 0.2) is 9.84 Å². The van der Waals surface area contributed by atoms with Gasteiger partial charge in [-0.15, -0.1) is 0 Å². The van der Waals surface area contributed by atoms with E-state index in [0.29, 0.717) is 12.8 Å². The summed E-state index contributed by atoms with van der Waals surface area (Å²) in [5, 5.41) is -0.498. The minimum absolute atomic E-state index is 0.0727. The van der Waals surface area contributed by atoms with E-state index in [1.54, 1.807) is 13.8 Å². The molecule has 3 nitrogen and oxygen atoms in total. The Bertz CT molecular complexity index is 217. The highest BCUT2D eigenvalue weighted by molar-refractivity contribution is 7.92. The van der Waals surface area contributed by atoms with E-state index in [4.69, 9.17) is 5.73 Å². The van der Waals surface area contributed by atoms with E-state index in [1.807, 2.05) is 0 Å². The topological polar surface area (TPSA) is 60.2 Å². The first-order valence-electron chi connectivity index (χ1n) is 3.93. The molecule has 0 saturated carbocycles. The Labute approximate surface area is 67.9 Å². The Hall–Kier alpha value is -0.0900. The van der Waals surface area contributed by atoms with Gasteiger partial charge in [0.1, 0.15) is 0 Å². The van der Waals surface area contributed by atoms with E-state index in [0.717, 1.165) is 0 Å². The molecule has 11 heavy (non-hydrogen) atoms. The molecule has 1 heterocycles. The Morgan fingerprint density at radius 1 is 1.18 bits per heavy atom. The Morgan fingerprint density at radius 3 is 1.91 bits per heavy atom. The number of sulfone groups is 1. The molecule has 0 amide bonds. The fourth-order valence-corrected chi connectivity index (χ4v) is 3.44. The average molecular weight is 177 g/mol. The molecule has 0 aromatic rings. The van der Waals surface area contributed by atoms with Crippen LogP contribution in [0, 0.1) is 0 Å². The van der Waals surface area contributed by atoms with Crippen molar-refractivity contribution in [2.24, 2.45) is 5.73 Å². The molecule has 1 saturated heterocycles. The molecule has 0 spiro atoms. The van der Waals surface area contributed by atoms with Crippen LogP contribution in [0.4, 0.5) is 0 Å². The summed E-state index contributed by atoms with van der Waals surface area (Å²) in [6.45, 7) is 3.48. The molecule has 0 aromatic heterocycles. The van der Waals surface area contributed by atoms with Gasteiger partial charge in [-0.05, 0) is 26.7 Å². The lowest BCUT2D eigenvalue weighted by Gasteiger charge is -2.28. The highest BCUT2D eigenvalue weighted by atomic mass is 32.2. The summed E-state index contributed by atoms with van der Waals surface area (Å²) >= 11 is 0. The maximum absolute atomic E-state index is 11.4. The van der Waals surface area contributed by atoms with Gasteiger partial charge in [-0.2, -0.15) is 0 Å². The molecular weight excluding hydrogens is 162 g/mol. The Morgan fingerprint density at radius 2 is 1.55 bits per heavy atom. The molecule has 1 aliphatic heterocycles. The Kier molecular flexibility index (Phi) is 2.25. The van der Waals surface area contributed by atoms with Crippen LogP contribution in [-0.4, -0.2) is 25.0 Å². The first-order chi connectivity index (χ1) is 4.94.